The maximum Gasteiger partial charge on any atom is 0.270 e. The molecule has 0 saturated carbocycles. The number of halogens is 2. The molecular formula is C17H23F2N3. The fraction of sp³-hybridized carbons (Fsp3) is 0.471. The van der Waals surface area contributed by atoms with E-state index < -0.39 is 5.92 Å². The summed E-state index contributed by atoms with van der Waals surface area (Å²) >= 11 is 0. The zero-order valence-electron chi connectivity index (χ0n) is 13.4. The Morgan fingerprint density at radius 3 is 2.50 bits per heavy atom. The number of aromatic nitrogens is 2. The summed E-state index contributed by atoms with van der Waals surface area (Å²) in [6.45, 7) is 4.90. The Morgan fingerprint density at radius 1 is 1.23 bits per heavy atom. The molecule has 1 heterocycles. The first kappa shape index (κ1) is 16.6. The van der Waals surface area contributed by atoms with Crippen LogP contribution in [0.3, 0.4) is 0 Å². The molecule has 0 unspecified atom stereocenters. The van der Waals surface area contributed by atoms with Gasteiger partial charge in [-0.3, -0.25) is 5.10 Å². The number of unbranched alkanes of at least 4 members (excludes halogenated alkanes) is 1. The second kappa shape index (κ2) is 7.01. The minimum atomic E-state index is -2.81. The summed E-state index contributed by atoms with van der Waals surface area (Å²) in [5.74, 6) is -2.81. The molecule has 0 saturated heterocycles. The van der Waals surface area contributed by atoms with Crippen LogP contribution in [0.2, 0.25) is 0 Å². The van der Waals surface area contributed by atoms with Gasteiger partial charge in [-0.25, -0.2) is 8.78 Å². The molecule has 0 amide bonds. The van der Waals surface area contributed by atoms with Crippen molar-refractivity contribution in [3.63, 3.8) is 0 Å². The summed E-state index contributed by atoms with van der Waals surface area (Å²) in [4.78, 5) is 2.24. The van der Waals surface area contributed by atoms with E-state index in [1.165, 1.54) is 12.1 Å². The van der Waals surface area contributed by atoms with Crippen LogP contribution >= 0.6 is 0 Å². The monoisotopic (exact) mass is 307 g/mol. The molecule has 0 aliphatic rings. The van der Waals surface area contributed by atoms with Crippen LogP contribution in [0.4, 0.5) is 8.78 Å². The number of rotatable bonds is 7. The molecule has 0 aliphatic carbocycles. The first-order chi connectivity index (χ1) is 10.4. The zero-order valence-corrected chi connectivity index (χ0v) is 13.4. The highest BCUT2D eigenvalue weighted by molar-refractivity contribution is 5.63. The van der Waals surface area contributed by atoms with E-state index in [2.05, 4.69) is 29.1 Å². The molecule has 5 heteroatoms. The molecule has 120 valence electrons. The Bertz CT molecular complexity index is 585. The third-order valence-electron chi connectivity index (χ3n) is 3.73. The average molecular weight is 307 g/mol. The maximum absolute atomic E-state index is 13.3. The fourth-order valence-corrected chi connectivity index (χ4v) is 2.41. The summed E-state index contributed by atoms with van der Waals surface area (Å²) in [6, 6.07) is 6.38. The van der Waals surface area contributed by atoms with Crippen molar-refractivity contribution in [3.8, 4) is 11.3 Å². The Kier molecular flexibility index (Phi) is 5.29. The molecule has 2 aromatic rings. The van der Waals surface area contributed by atoms with E-state index in [0.29, 0.717) is 0 Å². The third-order valence-corrected chi connectivity index (χ3v) is 3.73. The van der Waals surface area contributed by atoms with Crippen molar-refractivity contribution in [2.75, 3.05) is 13.6 Å². The SMILES string of the molecule is CCCCN(C)Cc1cn[nH]c1-c1ccc(C(C)(F)F)cc1. The molecule has 2 rings (SSSR count). The van der Waals surface area contributed by atoms with E-state index >= 15 is 0 Å². The quantitative estimate of drug-likeness (QED) is 0.821. The summed E-state index contributed by atoms with van der Waals surface area (Å²) in [5, 5.41) is 7.08. The van der Waals surface area contributed by atoms with E-state index in [4.69, 9.17) is 0 Å². The first-order valence-corrected chi connectivity index (χ1v) is 7.61. The van der Waals surface area contributed by atoms with Gasteiger partial charge in [0.2, 0.25) is 0 Å². The Labute approximate surface area is 130 Å². The molecule has 0 bridgehead atoms. The average Bonchev–Trinajstić information content (AvgIpc) is 2.92. The summed E-state index contributed by atoms with van der Waals surface area (Å²) in [6.07, 6.45) is 4.12. The topological polar surface area (TPSA) is 31.9 Å². The molecule has 0 atom stereocenters. The second-order valence-corrected chi connectivity index (χ2v) is 5.83. The van der Waals surface area contributed by atoms with Crippen LogP contribution in [0.1, 0.15) is 37.8 Å². The van der Waals surface area contributed by atoms with Crippen molar-refractivity contribution in [1.82, 2.24) is 15.1 Å². The number of nitrogens with one attached hydrogen (secondary N) is 1. The van der Waals surface area contributed by atoms with E-state index in [-0.39, 0.29) is 5.56 Å². The second-order valence-electron chi connectivity index (χ2n) is 5.83. The molecule has 1 aromatic heterocycles. The molecular weight excluding hydrogens is 284 g/mol. The van der Waals surface area contributed by atoms with Gasteiger partial charge in [0.05, 0.1) is 11.9 Å². The molecule has 22 heavy (non-hydrogen) atoms. The number of nitrogens with zero attached hydrogens (tertiary/aromatic N) is 2. The molecule has 1 aromatic carbocycles. The van der Waals surface area contributed by atoms with Crippen molar-refractivity contribution in [3.05, 3.63) is 41.6 Å². The standard InChI is InChI=1S/C17H23F2N3/c1-4-5-10-22(3)12-14-11-20-21-16(14)13-6-8-15(9-7-13)17(2,18)19/h6-9,11H,4-5,10,12H2,1-3H3,(H,20,21). The first-order valence-electron chi connectivity index (χ1n) is 7.61. The summed E-state index contributed by atoms with van der Waals surface area (Å²) < 4.78 is 26.5. The number of alkyl halides is 2. The van der Waals surface area contributed by atoms with Gasteiger partial charge < -0.3 is 4.90 Å². The van der Waals surface area contributed by atoms with Crippen LogP contribution < -0.4 is 0 Å². The normalized spacial score (nSPS) is 12.1. The smallest absolute Gasteiger partial charge is 0.270 e. The Morgan fingerprint density at radius 2 is 1.91 bits per heavy atom. The highest BCUT2D eigenvalue weighted by Gasteiger charge is 2.24. The molecule has 0 radical (unpaired) electrons. The van der Waals surface area contributed by atoms with Crippen molar-refractivity contribution in [1.29, 1.82) is 0 Å². The highest BCUT2D eigenvalue weighted by atomic mass is 19.3. The van der Waals surface area contributed by atoms with Gasteiger partial charge >= 0.3 is 0 Å². The van der Waals surface area contributed by atoms with Crippen LogP contribution in [0.5, 0.6) is 0 Å². The van der Waals surface area contributed by atoms with Crippen LogP contribution in [-0.4, -0.2) is 28.7 Å². The molecule has 3 nitrogen and oxygen atoms in total. The van der Waals surface area contributed by atoms with Crippen LogP contribution in [0.25, 0.3) is 11.3 Å². The zero-order chi connectivity index (χ0) is 16.2. The van der Waals surface area contributed by atoms with Gasteiger partial charge in [0, 0.05) is 24.6 Å². The van der Waals surface area contributed by atoms with E-state index in [1.807, 2.05) is 0 Å². The van der Waals surface area contributed by atoms with Gasteiger partial charge in [-0.2, -0.15) is 5.10 Å². The maximum atomic E-state index is 13.3. The summed E-state index contributed by atoms with van der Waals surface area (Å²) in [7, 11) is 2.08. The minimum Gasteiger partial charge on any atom is -0.302 e. The van der Waals surface area contributed by atoms with Crippen molar-refractivity contribution in [2.24, 2.45) is 0 Å². The lowest BCUT2D eigenvalue weighted by molar-refractivity contribution is 0.0175. The fourth-order valence-electron chi connectivity index (χ4n) is 2.41. The number of H-pyrrole nitrogens is 1. The van der Waals surface area contributed by atoms with Crippen LogP contribution in [-0.2, 0) is 12.5 Å². The van der Waals surface area contributed by atoms with Crippen LogP contribution in [0, 0.1) is 0 Å². The van der Waals surface area contributed by atoms with E-state index in [1.54, 1.807) is 18.3 Å². The lowest BCUT2D eigenvalue weighted by Crippen LogP contribution is -2.19. The van der Waals surface area contributed by atoms with Gasteiger partial charge in [-0.05, 0) is 25.6 Å². The number of hydrogen-bond donors (Lipinski definition) is 1. The predicted molar refractivity (Wildman–Crippen MR) is 84.8 cm³/mol. The van der Waals surface area contributed by atoms with Gasteiger partial charge in [0.15, 0.2) is 0 Å². The van der Waals surface area contributed by atoms with Crippen molar-refractivity contribution in [2.45, 2.75) is 39.2 Å². The van der Waals surface area contributed by atoms with Gasteiger partial charge in [-0.1, -0.05) is 37.6 Å². The van der Waals surface area contributed by atoms with Gasteiger partial charge in [0.1, 0.15) is 0 Å². The molecule has 0 aliphatic heterocycles. The highest BCUT2D eigenvalue weighted by Crippen LogP contribution is 2.29. The Balaban J connectivity index is 2.15. The van der Waals surface area contributed by atoms with Crippen LogP contribution in [0.15, 0.2) is 30.5 Å². The minimum absolute atomic E-state index is 0.0254. The number of aromatic amines is 1. The summed E-state index contributed by atoms with van der Waals surface area (Å²) in [5.41, 5.74) is 2.88. The molecule has 0 spiro atoms. The van der Waals surface area contributed by atoms with E-state index in [0.717, 1.165) is 49.7 Å². The van der Waals surface area contributed by atoms with Crippen molar-refractivity contribution < 1.29 is 8.78 Å². The predicted octanol–water partition coefficient (Wildman–Crippen LogP) is 4.42. The van der Waals surface area contributed by atoms with Gasteiger partial charge in [-0.15, -0.1) is 0 Å². The Hall–Kier alpha value is -1.75. The third kappa shape index (κ3) is 4.13. The molecule has 0 fully saturated rings. The largest absolute Gasteiger partial charge is 0.302 e. The lowest BCUT2D eigenvalue weighted by Gasteiger charge is -2.16. The number of benzene rings is 1. The molecule has 1 N–H and O–H groups in total. The van der Waals surface area contributed by atoms with Crippen molar-refractivity contribution >= 4 is 0 Å². The van der Waals surface area contributed by atoms with Gasteiger partial charge in [0.25, 0.3) is 5.92 Å². The van der Waals surface area contributed by atoms with E-state index in [9.17, 15) is 8.78 Å². The lowest BCUT2D eigenvalue weighted by atomic mass is 10.0. The number of hydrogen-bond acceptors (Lipinski definition) is 2.